The van der Waals surface area contributed by atoms with E-state index in [1.165, 1.54) is 4.90 Å². The highest BCUT2D eigenvalue weighted by molar-refractivity contribution is 6.20. The summed E-state index contributed by atoms with van der Waals surface area (Å²) >= 11 is 0. The fourth-order valence-electron chi connectivity index (χ4n) is 5.92. The van der Waals surface area contributed by atoms with Gasteiger partial charge in [0.15, 0.2) is 17.1 Å². The van der Waals surface area contributed by atoms with Crippen molar-refractivity contribution < 1.29 is 37.6 Å². The van der Waals surface area contributed by atoms with Crippen LogP contribution in [0.1, 0.15) is 26.3 Å². The molecule has 184 valence electrons. The molecule has 1 aromatic carbocycles. The molecule has 5 heterocycles. The normalized spacial score (nSPS) is 29.7. The van der Waals surface area contributed by atoms with Gasteiger partial charge in [-0.3, -0.25) is 25.1 Å². The predicted octanol–water partition coefficient (Wildman–Crippen LogP) is 1.20. The van der Waals surface area contributed by atoms with Crippen molar-refractivity contribution in [2.75, 3.05) is 23.0 Å². The van der Waals surface area contributed by atoms with Gasteiger partial charge in [-0.05, 0) is 32.4 Å². The molecule has 2 aromatic rings. The van der Waals surface area contributed by atoms with Crippen molar-refractivity contribution in [3.8, 4) is 0 Å². The van der Waals surface area contributed by atoms with Gasteiger partial charge in [-0.25, -0.2) is 14.0 Å². The monoisotopic (exact) mass is 487 g/mol. The number of halogens is 1. The molecule has 5 amide bonds. The number of cyclic esters (lactones) is 1. The average molecular weight is 487 g/mol. The first-order valence-electron chi connectivity index (χ1n) is 11.3. The number of aromatic nitrogens is 1. The molecule has 3 fully saturated rings. The molecule has 0 aliphatic carbocycles. The summed E-state index contributed by atoms with van der Waals surface area (Å²) < 4.78 is 32.4. The summed E-state index contributed by atoms with van der Waals surface area (Å²) in [4.78, 5) is 53.6. The Kier molecular flexibility index (Phi) is 4.44. The fourth-order valence-corrected chi connectivity index (χ4v) is 5.92. The minimum atomic E-state index is -1.75. The van der Waals surface area contributed by atoms with Crippen LogP contribution < -0.4 is 20.4 Å². The van der Waals surface area contributed by atoms with Crippen LogP contribution in [0, 0.1) is 11.2 Å². The Hall–Kier alpha value is -3.74. The van der Waals surface area contributed by atoms with E-state index in [2.05, 4.69) is 15.8 Å². The van der Waals surface area contributed by atoms with Gasteiger partial charge in [0.25, 0.3) is 0 Å². The summed E-state index contributed by atoms with van der Waals surface area (Å²) in [5, 5.41) is 8.55. The quantitative estimate of drug-likeness (QED) is 0.567. The highest BCUT2D eigenvalue weighted by Crippen LogP contribution is 2.49. The number of rotatable bonds is 1. The molecule has 0 bridgehead atoms. The highest BCUT2D eigenvalue weighted by atomic mass is 19.1. The second kappa shape index (κ2) is 7.13. The van der Waals surface area contributed by atoms with Gasteiger partial charge in [-0.1, -0.05) is 5.16 Å². The summed E-state index contributed by atoms with van der Waals surface area (Å²) in [5.74, 6) is -2.19. The first-order chi connectivity index (χ1) is 16.6. The van der Waals surface area contributed by atoms with E-state index in [9.17, 15) is 19.2 Å². The predicted molar refractivity (Wildman–Crippen MR) is 116 cm³/mol. The standard InChI is InChI=1S/C22H22FN5O7/c1-8-7-33-21(32)28(8)17-12-4-11-5-22(18(29)24-20(31)25-19(22)30)16-10(3)34-9(2)6-27(16)14(11)13(23)15(12)35-26-17/h4,8-10,16H,5-7H2,1-3H3,(H2,24,25,29,30,31)/t8-,9?,10?,16+/m0/s1. The van der Waals surface area contributed by atoms with Crippen molar-refractivity contribution in [2.45, 2.75) is 51.5 Å². The molecule has 1 aromatic heterocycles. The lowest BCUT2D eigenvalue weighted by atomic mass is 9.66. The molecular weight excluding hydrogens is 465 g/mol. The van der Waals surface area contributed by atoms with Crippen molar-refractivity contribution in [1.82, 2.24) is 15.8 Å². The number of barbiturate groups is 1. The van der Waals surface area contributed by atoms with Crippen molar-refractivity contribution in [3.63, 3.8) is 0 Å². The van der Waals surface area contributed by atoms with Gasteiger partial charge in [-0.15, -0.1) is 0 Å². The number of urea groups is 1. The molecule has 0 radical (unpaired) electrons. The Morgan fingerprint density at radius 2 is 1.86 bits per heavy atom. The summed E-state index contributed by atoms with van der Waals surface area (Å²) in [6, 6.07) is -0.572. The van der Waals surface area contributed by atoms with Crippen LogP contribution in [-0.2, 0) is 25.5 Å². The van der Waals surface area contributed by atoms with E-state index < -0.39 is 47.3 Å². The molecule has 3 saturated heterocycles. The maximum atomic E-state index is 16.1. The largest absolute Gasteiger partial charge is 0.447 e. The summed E-state index contributed by atoms with van der Waals surface area (Å²) in [5.41, 5.74) is -1.39. The lowest BCUT2D eigenvalue weighted by Gasteiger charge is -2.55. The lowest BCUT2D eigenvalue weighted by molar-refractivity contribution is -0.153. The molecule has 4 aliphatic heterocycles. The first-order valence-corrected chi connectivity index (χ1v) is 11.3. The highest BCUT2D eigenvalue weighted by Gasteiger charge is 2.63. The Morgan fingerprint density at radius 1 is 1.14 bits per heavy atom. The molecular formula is C22H22FN5O7. The zero-order valence-electron chi connectivity index (χ0n) is 19.1. The molecule has 13 heteroatoms. The number of fused-ring (bicyclic) bond motifs is 5. The topological polar surface area (TPSA) is 143 Å². The molecule has 1 spiro atoms. The number of ether oxygens (including phenoxy) is 2. The molecule has 2 N–H and O–H groups in total. The maximum Gasteiger partial charge on any atom is 0.416 e. The SMILES string of the molecule is CC1CN2c3c(cc4c(N5C(=O)OC[C@@H]5C)noc4c3F)CC3(C(=O)NC(=O)NC3=O)[C@H]2C(C)O1. The number of imide groups is 2. The van der Waals surface area contributed by atoms with E-state index in [1.807, 2.05) is 6.92 Å². The second-order valence-electron chi connectivity index (χ2n) is 9.51. The smallest absolute Gasteiger partial charge is 0.416 e. The van der Waals surface area contributed by atoms with Crippen LogP contribution in [0.15, 0.2) is 10.6 Å². The third-order valence-electron chi connectivity index (χ3n) is 7.26. The van der Waals surface area contributed by atoms with Crippen LogP contribution in [0.4, 0.5) is 25.5 Å². The number of carbonyl (C=O) groups is 4. The van der Waals surface area contributed by atoms with E-state index in [0.717, 1.165) is 0 Å². The number of hydrogen-bond acceptors (Lipinski definition) is 9. The molecule has 2 unspecified atom stereocenters. The first kappa shape index (κ1) is 21.8. The van der Waals surface area contributed by atoms with Crippen LogP contribution in [0.25, 0.3) is 11.0 Å². The van der Waals surface area contributed by atoms with Crippen LogP contribution >= 0.6 is 0 Å². The second-order valence-corrected chi connectivity index (χ2v) is 9.51. The van der Waals surface area contributed by atoms with Crippen LogP contribution in [0.5, 0.6) is 0 Å². The zero-order chi connectivity index (χ0) is 24.8. The van der Waals surface area contributed by atoms with E-state index >= 15 is 4.39 Å². The third kappa shape index (κ3) is 2.78. The van der Waals surface area contributed by atoms with Crippen LogP contribution in [0.3, 0.4) is 0 Å². The van der Waals surface area contributed by atoms with E-state index in [4.69, 9.17) is 14.0 Å². The molecule has 35 heavy (non-hydrogen) atoms. The van der Waals surface area contributed by atoms with Crippen LogP contribution in [0.2, 0.25) is 0 Å². The molecule has 6 rings (SSSR count). The number of nitrogens with zero attached hydrogens (tertiary/aromatic N) is 3. The van der Waals surface area contributed by atoms with Gasteiger partial charge in [-0.2, -0.15) is 0 Å². The number of carbonyl (C=O) groups excluding carboxylic acids is 4. The maximum absolute atomic E-state index is 16.1. The molecule has 12 nitrogen and oxygen atoms in total. The Labute approximate surface area is 197 Å². The van der Waals surface area contributed by atoms with Gasteiger partial charge in [0.2, 0.25) is 17.4 Å². The number of nitrogens with one attached hydrogen (secondary N) is 2. The molecule has 0 saturated carbocycles. The molecule has 4 atom stereocenters. The Bertz CT molecular complexity index is 1300. The number of benzene rings is 1. The average Bonchev–Trinajstić information content (AvgIpc) is 3.33. The van der Waals surface area contributed by atoms with Crippen molar-refractivity contribution in [2.24, 2.45) is 5.41 Å². The van der Waals surface area contributed by atoms with E-state index in [1.54, 1.807) is 24.8 Å². The number of amides is 5. The van der Waals surface area contributed by atoms with Gasteiger partial charge in [0.05, 0.1) is 35.4 Å². The summed E-state index contributed by atoms with van der Waals surface area (Å²) in [6.45, 7) is 5.60. The summed E-state index contributed by atoms with van der Waals surface area (Å²) in [6.07, 6.45) is -1.81. The summed E-state index contributed by atoms with van der Waals surface area (Å²) in [7, 11) is 0. The lowest BCUT2D eigenvalue weighted by Crippen LogP contribution is -2.75. The Morgan fingerprint density at radius 3 is 2.51 bits per heavy atom. The van der Waals surface area contributed by atoms with Crippen molar-refractivity contribution in [1.29, 1.82) is 0 Å². The minimum Gasteiger partial charge on any atom is -0.447 e. The number of hydrogen-bond donors (Lipinski definition) is 2. The minimum absolute atomic E-state index is 0.0873. The van der Waals surface area contributed by atoms with Gasteiger partial charge in [0, 0.05) is 13.0 Å². The van der Waals surface area contributed by atoms with Gasteiger partial charge in [0.1, 0.15) is 6.61 Å². The van der Waals surface area contributed by atoms with Gasteiger partial charge < -0.3 is 18.9 Å². The van der Waals surface area contributed by atoms with Gasteiger partial charge >= 0.3 is 12.1 Å². The van der Waals surface area contributed by atoms with E-state index in [0.29, 0.717) is 5.56 Å². The van der Waals surface area contributed by atoms with Crippen LogP contribution in [-0.4, -0.2) is 66.5 Å². The van der Waals surface area contributed by atoms with E-state index in [-0.39, 0.29) is 54.2 Å². The van der Waals surface area contributed by atoms with Crippen molar-refractivity contribution in [3.05, 3.63) is 17.4 Å². The Balaban J connectivity index is 1.58. The number of anilines is 2. The fraction of sp³-hybridized carbons (Fsp3) is 0.500. The van der Waals surface area contributed by atoms with Crippen molar-refractivity contribution >= 4 is 46.4 Å². The molecule has 4 aliphatic rings. The zero-order valence-corrected chi connectivity index (χ0v) is 19.1. The third-order valence-corrected chi connectivity index (χ3v) is 7.26. The number of morpholine rings is 1.